The lowest BCUT2D eigenvalue weighted by Gasteiger charge is -2.32. The number of anilines is 1. The Labute approximate surface area is 369 Å². The van der Waals surface area contributed by atoms with Crippen molar-refractivity contribution in [3.05, 3.63) is 113 Å². The molecule has 20 heteroatoms. The molecule has 2 fully saturated rings. The second-order valence-corrected chi connectivity index (χ2v) is 17.8. The molecule has 0 radical (unpaired) electrons. The quantitative estimate of drug-likeness (QED) is 0.0889. The number of hydrogen-bond donors (Lipinski definition) is 4. The highest BCUT2D eigenvalue weighted by Gasteiger charge is 2.55. The molecule has 0 saturated carbocycles. The molecule has 65 heavy (non-hydrogen) atoms. The number of amides is 5. The molecule has 3 unspecified atom stereocenters. The van der Waals surface area contributed by atoms with E-state index in [0.717, 1.165) is 4.90 Å². The first-order chi connectivity index (χ1) is 31.0. The van der Waals surface area contributed by atoms with Crippen molar-refractivity contribution in [1.82, 2.24) is 15.5 Å². The van der Waals surface area contributed by atoms with Gasteiger partial charge < -0.3 is 29.7 Å². The van der Waals surface area contributed by atoms with E-state index in [1.54, 1.807) is 24.3 Å². The lowest BCUT2D eigenvalue weighted by molar-refractivity contribution is -0.136. The maximum absolute atomic E-state index is 14.3. The van der Waals surface area contributed by atoms with Gasteiger partial charge in [0.1, 0.15) is 46.9 Å². The van der Waals surface area contributed by atoms with Gasteiger partial charge in [-0.15, -0.1) is 0 Å². The van der Waals surface area contributed by atoms with Gasteiger partial charge in [-0.3, -0.25) is 38.5 Å². The van der Waals surface area contributed by atoms with Gasteiger partial charge in [0.15, 0.2) is 6.61 Å². The topological polar surface area (TPSA) is 218 Å². The summed E-state index contributed by atoms with van der Waals surface area (Å²) in [7, 11) is -4.74. The van der Waals surface area contributed by atoms with E-state index in [9.17, 15) is 55.8 Å². The lowest BCUT2D eigenvalue weighted by atomic mass is 9.83. The highest BCUT2D eigenvalue weighted by Crippen LogP contribution is 2.51. The molecule has 4 aromatic rings. The normalized spacial score (nSPS) is 20.5. The van der Waals surface area contributed by atoms with E-state index in [1.807, 2.05) is 0 Å². The van der Waals surface area contributed by atoms with Crippen molar-refractivity contribution in [1.29, 1.82) is 0 Å². The second-order valence-electron chi connectivity index (χ2n) is 15.7. The van der Waals surface area contributed by atoms with E-state index in [0.29, 0.717) is 39.4 Å². The molecule has 4 aliphatic rings. The highest BCUT2D eigenvalue weighted by atomic mass is 32.2. The Morgan fingerprint density at radius 1 is 0.862 bits per heavy atom. The molecule has 4 aromatic carbocycles. The number of phenolic OH excluding ortho intramolecular Hbond substituents is 2. The zero-order valence-electron chi connectivity index (χ0n) is 34.2. The summed E-state index contributed by atoms with van der Waals surface area (Å²) in [6.07, 6.45) is -6.14. The minimum atomic E-state index is -4.91. The van der Waals surface area contributed by atoms with E-state index in [1.165, 1.54) is 66.7 Å². The van der Waals surface area contributed by atoms with Gasteiger partial charge in [0.25, 0.3) is 17.7 Å². The van der Waals surface area contributed by atoms with Crippen LogP contribution in [0, 0.1) is 0 Å². The summed E-state index contributed by atoms with van der Waals surface area (Å²) in [5, 5.41) is 23.2. The predicted octanol–water partition coefficient (Wildman–Crippen LogP) is 4.70. The number of carbonyl (C=O) groups is 5. The van der Waals surface area contributed by atoms with Crippen LogP contribution in [0.25, 0.3) is 11.1 Å². The number of piperidine rings is 1. The lowest BCUT2D eigenvalue weighted by Crippen LogP contribution is -2.54. The number of hydrogen-bond acceptors (Lipinski definition) is 12. The van der Waals surface area contributed by atoms with Crippen molar-refractivity contribution >= 4 is 56.4 Å². The van der Waals surface area contributed by atoms with Crippen molar-refractivity contribution in [3.63, 3.8) is 0 Å². The monoisotopic (exact) mass is 918 g/mol. The first-order valence-corrected chi connectivity index (χ1v) is 22.0. The minimum absolute atomic E-state index is 0.00240. The van der Waals surface area contributed by atoms with E-state index in [2.05, 4.69) is 10.6 Å². The molecule has 4 atom stereocenters. The van der Waals surface area contributed by atoms with Crippen LogP contribution in [0.4, 0.5) is 18.9 Å². The van der Waals surface area contributed by atoms with Crippen LogP contribution in [0.5, 0.6) is 23.0 Å². The number of imide groups is 2. The van der Waals surface area contributed by atoms with Gasteiger partial charge in [-0.1, -0.05) is 30.3 Å². The number of phenols is 2. The molecule has 0 spiro atoms. The van der Waals surface area contributed by atoms with Crippen molar-refractivity contribution in [2.75, 3.05) is 30.6 Å². The standard InChI is InChI=1S/C45H41F3N4O12S/c46-45(47,48)24-51(65(60,61)35-22-34-38(25-6-12-28(53)13-7-25)39(41(35)64-34)26-8-14-29(54)15-9-26)27-10-16-30(17-11-27)62-21-2-1-20-49-37(56)23-63-33-5-3-4-31-40(33)44(59)52(43(31)58)32-18-19-36(55)50-42(32)57/h3-17,32,34-35,41,53-54H,1-2,18-24H2,(H,49,56)(H,50,55,57)/t32?,34?,35?,41-/m1/s1. The van der Waals surface area contributed by atoms with Gasteiger partial charge in [0.05, 0.1) is 29.5 Å². The van der Waals surface area contributed by atoms with E-state index < -0.39 is 82.4 Å². The third-order valence-electron chi connectivity index (χ3n) is 11.4. The number of alkyl halides is 3. The Kier molecular flexibility index (Phi) is 12.3. The van der Waals surface area contributed by atoms with Gasteiger partial charge in [-0.2, -0.15) is 13.2 Å². The Bertz CT molecular complexity index is 2680. The fraction of sp³-hybridized carbons (Fsp3) is 0.311. The Hall–Kier alpha value is -6.93. The molecule has 0 aromatic heterocycles. The Balaban J connectivity index is 0.850. The molecule has 5 amide bonds. The molecule has 8 rings (SSSR count). The highest BCUT2D eigenvalue weighted by molar-refractivity contribution is 7.93. The fourth-order valence-corrected chi connectivity index (χ4v) is 10.4. The number of carbonyl (C=O) groups excluding carboxylic acids is 5. The minimum Gasteiger partial charge on any atom is -0.508 e. The number of rotatable bonds is 16. The molecule has 2 bridgehead atoms. The van der Waals surface area contributed by atoms with Crippen molar-refractivity contribution in [3.8, 4) is 23.0 Å². The van der Waals surface area contributed by atoms with Gasteiger partial charge >= 0.3 is 6.18 Å². The molecule has 4 aliphatic heterocycles. The number of nitrogens with zero attached hydrogens (tertiary/aromatic N) is 2. The summed E-state index contributed by atoms with van der Waals surface area (Å²) >= 11 is 0. The molecule has 340 valence electrons. The smallest absolute Gasteiger partial charge is 0.407 e. The Morgan fingerprint density at radius 2 is 1.52 bits per heavy atom. The number of sulfonamides is 1. The van der Waals surface area contributed by atoms with Crippen LogP contribution in [0.15, 0.2) is 91.0 Å². The molecule has 16 nitrogen and oxygen atoms in total. The number of halogens is 3. The molecule has 2 saturated heterocycles. The zero-order valence-corrected chi connectivity index (χ0v) is 35.1. The van der Waals surface area contributed by atoms with E-state index in [-0.39, 0.29) is 72.2 Å². The van der Waals surface area contributed by atoms with Gasteiger partial charge in [-0.05, 0) is 109 Å². The summed E-state index contributed by atoms with van der Waals surface area (Å²) < 4.78 is 88.8. The number of fused-ring (bicyclic) bond motifs is 3. The summed E-state index contributed by atoms with van der Waals surface area (Å²) in [6, 6.07) is 20.5. The second kappa shape index (κ2) is 17.9. The number of benzene rings is 4. The number of unbranched alkanes of at least 4 members (excludes halogenated alkanes) is 1. The van der Waals surface area contributed by atoms with Crippen LogP contribution in [0.1, 0.15) is 63.9 Å². The Morgan fingerprint density at radius 3 is 2.17 bits per heavy atom. The third-order valence-corrected chi connectivity index (χ3v) is 13.6. The van der Waals surface area contributed by atoms with Crippen LogP contribution < -0.4 is 24.4 Å². The van der Waals surface area contributed by atoms with Crippen molar-refractivity contribution in [2.45, 2.75) is 61.8 Å². The average Bonchev–Trinajstić information content (AvgIpc) is 3.94. The van der Waals surface area contributed by atoms with Gasteiger partial charge in [0.2, 0.25) is 21.8 Å². The van der Waals surface area contributed by atoms with Gasteiger partial charge in [0, 0.05) is 13.0 Å². The molecule has 4 heterocycles. The summed E-state index contributed by atoms with van der Waals surface area (Å²) in [6.45, 7) is -1.94. The maximum Gasteiger partial charge on any atom is 0.407 e. The number of aromatic hydroxyl groups is 2. The SMILES string of the molecule is O=C(COc1cccc2c1C(=O)N(C1CCC(=O)NC1=O)C2=O)NCCCCOc1ccc(N(CC(F)(F)F)S(=O)(=O)C2CC3O[C@H]2C(c2ccc(O)cc2)=C3c2ccc(O)cc2)cc1. The molecular formula is C45H41F3N4O12S. The number of nitrogens with one attached hydrogen (secondary N) is 2. The first-order valence-electron chi connectivity index (χ1n) is 20.5. The summed E-state index contributed by atoms with van der Waals surface area (Å²) in [5.41, 5.74) is 1.93. The summed E-state index contributed by atoms with van der Waals surface area (Å²) in [4.78, 5) is 63.7. The van der Waals surface area contributed by atoms with E-state index in [4.69, 9.17) is 14.2 Å². The maximum atomic E-state index is 14.3. The van der Waals surface area contributed by atoms with Crippen molar-refractivity contribution < 1.29 is 70.0 Å². The summed E-state index contributed by atoms with van der Waals surface area (Å²) in [5.74, 6) is -3.08. The largest absolute Gasteiger partial charge is 0.508 e. The molecule has 0 aliphatic carbocycles. The molecule has 4 N–H and O–H groups in total. The van der Waals surface area contributed by atoms with Gasteiger partial charge in [-0.25, -0.2) is 8.42 Å². The van der Waals surface area contributed by atoms with Crippen LogP contribution in [-0.2, 0) is 29.1 Å². The van der Waals surface area contributed by atoms with E-state index >= 15 is 0 Å². The van der Waals surface area contributed by atoms with Crippen LogP contribution >= 0.6 is 0 Å². The zero-order chi connectivity index (χ0) is 46.2. The van der Waals surface area contributed by atoms with Crippen molar-refractivity contribution in [2.24, 2.45) is 0 Å². The first kappa shape index (κ1) is 44.7. The number of ether oxygens (including phenoxy) is 3. The molecular weight excluding hydrogens is 878 g/mol. The third kappa shape index (κ3) is 9.21. The van der Waals surface area contributed by atoms with Crippen LogP contribution in [0.3, 0.4) is 0 Å². The van der Waals surface area contributed by atoms with Crippen LogP contribution in [0.2, 0.25) is 0 Å². The fourth-order valence-electron chi connectivity index (χ4n) is 8.45. The average molecular weight is 919 g/mol. The van der Waals surface area contributed by atoms with Crippen LogP contribution in [-0.4, -0.2) is 109 Å². The predicted molar refractivity (Wildman–Crippen MR) is 225 cm³/mol.